The maximum absolute atomic E-state index is 12.9. The first-order valence-corrected chi connectivity index (χ1v) is 9.21. The summed E-state index contributed by atoms with van der Waals surface area (Å²) in [5.41, 5.74) is 2.51. The monoisotopic (exact) mass is 379 g/mol. The van der Waals surface area contributed by atoms with E-state index < -0.39 is 0 Å². The molecule has 0 atom stereocenters. The van der Waals surface area contributed by atoms with Crippen LogP contribution < -0.4 is 5.56 Å². The fourth-order valence-corrected chi connectivity index (χ4v) is 3.26. The lowest BCUT2D eigenvalue weighted by Crippen LogP contribution is -2.37. The highest BCUT2D eigenvalue weighted by Crippen LogP contribution is 2.20. The molecule has 0 aliphatic heterocycles. The number of hydrogen-bond donors (Lipinski definition) is 0. The summed E-state index contributed by atoms with van der Waals surface area (Å²) in [6.07, 6.45) is 4.59. The maximum Gasteiger partial charge on any atom is 0.291 e. The fraction of sp³-hybridized carbons (Fsp3) is 0.300. The van der Waals surface area contributed by atoms with Crippen molar-refractivity contribution < 1.29 is 9.21 Å². The zero-order valence-electron chi connectivity index (χ0n) is 15.8. The van der Waals surface area contributed by atoms with Crippen molar-refractivity contribution in [2.45, 2.75) is 26.3 Å². The molecule has 28 heavy (non-hydrogen) atoms. The van der Waals surface area contributed by atoms with Crippen LogP contribution in [0.15, 0.2) is 52.0 Å². The van der Waals surface area contributed by atoms with Gasteiger partial charge in [0.05, 0.1) is 11.8 Å². The summed E-state index contributed by atoms with van der Waals surface area (Å²) in [7, 11) is 1.72. The molecule has 4 aromatic heterocycles. The molecule has 8 nitrogen and oxygen atoms in total. The molecule has 0 N–H and O–H groups in total. The van der Waals surface area contributed by atoms with Crippen LogP contribution in [0.5, 0.6) is 0 Å². The van der Waals surface area contributed by atoms with Gasteiger partial charge >= 0.3 is 0 Å². The maximum atomic E-state index is 12.9. The Balaban J connectivity index is 1.57. The van der Waals surface area contributed by atoms with E-state index in [2.05, 4.69) is 10.1 Å². The summed E-state index contributed by atoms with van der Waals surface area (Å²) >= 11 is 0. The van der Waals surface area contributed by atoms with Crippen molar-refractivity contribution in [2.24, 2.45) is 0 Å². The zero-order chi connectivity index (χ0) is 19.7. The summed E-state index contributed by atoms with van der Waals surface area (Å²) in [4.78, 5) is 31.3. The third-order valence-corrected chi connectivity index (χ3v) is 4.83. The van der Waals surface area contributed by atoms with Gasteiger partial charge in [0, 0.05) is 50.5 Å². The standard InChI is InChI=1S/C20H21N5O3/c1-3-18-22-24(20(27)16-12-17-15(25(16)18)8-11-28-17)13-19(26)23(2)10-7-14-6-4-5-9-21-14/h4-6,8-9,11-12H,3,7,10,13H2,1-2H3. The number of nitrogens with zero attached hydrogens (tertiary/aromatic N) is 5. The number of pyridine rings is 1. The van der Waals surface area contributed by atoms with Crippen molar-refractivity contribution in [1.82, 2.24) is 24.1 Å². The van der Waals surface area contributed by atoms with Gasteiger partial charge in [0.15, 0.2) is 5.58 Å². The zero-order valence-corrected chi connectivity index (χ0v) is 15.8. The van der Waals surface area contributed by atoms with E-state index in [4.69, 9.17) is 4.42 Å². The summed E-state index contributed by atoms with van der Waals surface area (Å²) in [5, 5.41) is 4.43. The van der Waals surface area contributed by atoms with Crippen molar-refractivity contribution in [2.75, 3.05) is 13.6 Å². The molecule has 0 aromatic carbocycles. The van der Waals surface area contributed by atoms with Crippen molar-refractivity contribution in [3.8, 4) is 0 Å². The van der Waals surface area contributed by atoms with Gasteiger partial charge in [-0.3, -0.25) is 19.0 Å². The molecular formula is C20H21N5O3. The average Bonchev–Trinajstić information content (AvgIpc) is 3.30. The van der Waals surface area contributed by atoms with E-state index in [0.29, 0.717) is 36.3 Å². The van der Waals surface area contributed by atoms with E-state index in [1.165, 1.54) is 4.68 Å². The highest BCUT2D eigenvalue weighted by atomic mass is 16.3. The number of hydrogen-bond acceptors (Lipinski definition) is 5. The number of fused-ring (bicyclic) bond motifs is 3. The molecule has 0 fully saturated rings. The second-order valence-electron chi connectivity index (χ2n) is 6.65. The van der Waals surface area contributed by atoms with E-state index >= 15 is 0 Å². The number of furan rings is 1. The Bertz CT molecular complexity index is 1190. The lowest BCUT2D eigenvalue weighted by atomic mass is 10.2. The molecule has 4 heterocycles. The van der Waals surface area contributed by atoms with Crippen molar-refractivity contribution in [1.29, 1.82) is 0 Å². The smallest absolute Gasteiger partial charge is 0.291 e. The Morgan fingerprint density at radius 1 is 1.25 bits per heavy atom. The van der Waals surface area contributed by atoms with Gasteiger partial charge < -0.3 is 9.32 Å². The highest BCUT2D eigenvalue weighted by Gasteiger charge is 2.18. The number of carbonyl (C=O) groups is 1. The van der Waals surface area contributed by atoms with Crippen LogP contribution in [0.3, 0.4) is 0 Å². The average molecular weight is 379 g/mol. The van der Waals surface area contributed by atoms with Crippen molar-refractivity contribution in [3.63, 3.8) is 0 Å². The van der Waals surface area contributed by atoms with E-state index in [0.717, 1.165) is 11.2 Å². The SMILES string of the molecule is CCc1nn(CC(=O)N(C)CCc2ccccn2)c(=O)c2cc3occc3n12. The Hall–Kier alpha value is -3.42. The molecule has 0 saturated heterocycles. The van der Waals surface area contributed by atoms with Crippen LogP contribution in [0, 0.1) is 0 Å². The van der Waals surface area contributed by atoms with Gasteiger partial charge in [0.25, 0.3) is 5.56 Å². The first kappa shape index (κ1) is 18.0. The Kier molecular flexibility index (Phi) is 4.68. The lowest BCUT2D eigenvalue weighted by Gasteiger charge is -2.17. The molecule has 0 bridgehead atoms. The number of likely N-dealkylation sites (N-methyl/N-ethyl adjacent to an activating group) is 1. The van der Waals surface area contributed by atoms with Crippen molar-refractivity contribution in [3.05, 3.63) is 64.7 Å². The van der Waals surface area contributed by atoms with E-state index in [1.807, 2.05) is 31.2 Å². The Labute approximate surface area is 161 Å². The number of aromatic nitrogens is 4. The minimum absolute atomic E-state index is 0.104. The van der Waals surface area contributed by atoms with Crippen LogP contribution in [0.1, 0.15) is 18.4 Å². The van der Waals surface area contributed by atoms with Crippen LogP contribution in [-0.4, -0.2) is 43.6 Å². The third-order valence-electron chi connectivity index (χ3n) is 4.83. The van der Waals surface area contributed by atoms with Gasteiger partial charge in [-0.15, -0.1) is 0 Å². The molecule has 0 radical (unpaired) electrons. The van der Waals surface area contributed by atoms with E-state index in [9.17, 15) is 9.59 Å². The molecule has 1 amide bonds. The normalized spacial score (nSPS) is 11.4. The van der Waals surface area contributed by atoms with Gasteiger partial charge in [-0.05, 0) is 12.1 Å². The minimum Gasteiger partial charge on any atom is -0.463 e. The second kappa shape index (κ2) is 7.30. The highest BCUT2D eigenvalue weighted by molar-refractivity contribution is 5.82. The summed E-state index contributed by atoms with van der Waals surface area (Å²) in [6, 6.07) is 9.21. The second-order valence-corrected chi connectivity index (χ2v) is 6.65. The van der Waals surface area contributed by atoms with E-state index in [-0.39, 0.29) is 18.0 Å². The molecule has 0 saturated carbocycles. The first-order valence-electron chi connectivity index (χ1n) is 9.21. The molecule has 0 unspecified atom stereocenters. The largest absolute Gasteiger partial charge is 0.463 e. The third kappa shape index (κ3) is 3.17. The number of amides is 1. The van der Waals surface area contributed by atoms with Crippen LogP contribution >= 0.6 is 0 Å². The van der Waals surface area contributed by atoms with Crippen molar-refractivity contribution >= 4 is 22.5 Å². The Morgan fingerprint density at radius 3 is 2.86 bits per heavy atom. The number of aryl methyl sites for hydroxylation is 1. The van der Waals surface area contributed by atoms with Gasteiger partial charge in [0.1, 0.15) is 17.9 Å². The predicted molar refractivity (Wildman–Crippen MR) is 104 cm³/mol. The van der Waals surface area contributed by atoms with E-state index in [1.54, 1.807) is 34.9 Å². The predicted octanol–water partition coefficient (Wildman–Crippen LogP) is 1.90. The van der Waals surface area contributed by atoms with Crippen LogP contribution in [-0.2, 0) is 24.2 Å². The molecular weight excluding hydrogens is 358 g/mol. The molecule has 144 valence electrons. The summed E-state index contributed by atoms with van der Waals surface area (Å²) < 4.78 is 8.45. The lowest BCUT2D eigenvalue weighted by molar-refractivity contribution is -0.130. The molecule has 4 rings (SSSR count). The van der Waals surface area contributed by atoms with Gasteiger partial charge in [0.2, 0.25) is 5.91 Å². The number of carbonyl (C=O) groups excluding carboxylic acids is 1. The van der Waals surface area contributed by atoms with Crippen LogP contribution in [0.4, 0.5) is 0 Å². The minimum atomic E-state index is -0.310. The topological polar surface area (TPSA) is 85.6 Å². The molecule has 0 spiro atoms. The molecule has 0 aliphatic carbocycles. The molecule has 0 aliphatic rings. The van der Waals surface area contributed by atoms with Crippen LogP contribution in [0.2, 0.25) is 0 Å². The Morgan fingerprint density at radius 2 is 2.11 bits per heavy atom. The molecule has 8 heteroatoms. The summed E-state index contributed by atoms with van der Waals surface area (Å²) in [5.74, 6) is 0.530. The molecule has 4 aromatic rings. The van der Waals surface area contributed by atoms with Crippen LogP contribution in [0.25, 0.3) is 16.6 Å². The van der Waals surface area contributed by atoms with Gasteiger partial charge in [-0.25, -0.2) is 4.68 Å². The quantitative estimate of drug-likeness (QED) is 0.511. The van der Waals surface area contributed by atoms with Gasteiger partial charge in [-0.1, -0.05) is 13.0 Å². The first-order chi connectivity index (χ1) is 13.6. The fourth-order valence-electron chi connectivity index (χ4n) is 3.26. The number of rotatable bonds is 6. The van der Waals surface area contributed by atoms with Gasteiger partial charge in [-0.2, -0.15) is 5.10 Å². The summed E-state index contributed by atoms with van der Waals surface area (Å²) in [6.45, 7) is 2.38.